The van der Waals surface area contributed by atoms with Gasteiger partial charge in [0.25, 0.3) is 0 Å². The Morgan fingerprint density at radius 2 is 2.18 bits per heavy atom. The van der Waals surface area contributed by atoms with Gasteiger partial charge in [0.05, 0.1) is 0 Å². The molecule has 1 aliphatic rings. The van der Waals surface area contributed by atoms with Crippen molar-refractivity contribution < 1.29 is 4.79 Å². The molecule has 0 aliphatic heterocycles. The van der Waals surface area contributed by atoms with Gasteiger partial charge in [-0.25, -0.2) is 0 Å². The average molecular weight is 155 g/mol. The van der Waals surface area contributed by atoms with E-state index >= 15 is 0 Å². The van der Waals surface area contributed by atoms with Crippen LogP contribution in [0.5, 0.6) is 0 Å². The van der Waals surface area contributed by atoms with Crippen LogP contribution in [0.15, 0.2) is 0 Å². The summed E-state index contributed by atoms with van der Waals surface area (Å²) >= 11 is 0. The lowest BCUT2D eigenvalue weighted by molar-refractivity contribution is -0.131. The largest absolute Gasteiger partial charge is 0.343 e. The van der Waals surface area contributed by atoms with Gasteiger partial charge in [-0.1, -0.05) is 6.92 Å². The summed E-state index contributed by atoms with van der Waals surface area (Å²) in [6, 6.07) is 0.461. The summed E-state index contributed by atoms with van der Waals surface area (Å²) in [4.78, 5) is 13.1. The monoisotopic (exact) mass is 155 g/mol. The zero-order valence-corrected chi connectivity index (χ0v) is 7.63. The molecule has 1 aliphatic carbocycles. The summed E-state index contributed by atoms with van der Waals surface area (Å²) < 4.78 is 0. The summed E-state index contributed by atoms with van der Waals surface area (Å²) in [5.74, 6) is 1.06. The highest BCUT2D eigenvalue weighted by atomic mass is 16.2. The smallest absolute Gasteiger partial charge is 0.222 e. The molecule has 0 unspecified atom stereocenters. The minimum atomic E-state index is 0.268. The molecule has 64 valence electrons. The first kappa shape index (κ1) is 8.57. The van der Waals surface area contributed by atoms with Crippen LogP contribution in [0.25, 0.3) is 0 Å². The van der Waals surface area contributed by atoms with Gasteiger partial charge in [0.2, 0.25) is 5.91 Å². The van der Waals surface area contributed by atoms with Crippen LogP contribution in [0.3, 0.4) is 0 Å². The lowest BCUT2D eigenvalue weighted by Crippen LogP contribution is -2.35. The van der Waals surface area contributed by atoms with Crippen molar-refractivity contribution in [2.24, 2.45) is 5.92 Å². The molecule has 0 N–H and O–H groups in total. The van der Waals surface area contributed by atoms with E-state index in [1.807, 2.05) is 18.9 Å². The second-order valence-electron chi connectivity index (χ2n) is 3.44. The van der Waals surface area contributed by atoms with Crippen molar-refractivity contribution in [3.05, 3.63) is 0 Å². The Bertz CT molecular complexity index is 152. The minimum Gasteiger partial charge on any atom is -0.343 e. The topological polar surface area (TPSA) is 20.3 Å². The molecular formula is C9H17NO. The zero-order chi connectivity index (χ0) is 8.43. The normalized spacial score (nSPS) is 19.5. The fourth-order valence-corrected chi connectivity index (χ4v) is 1.37. The molecule has 0 aromatic carbocycles. The van der Waals surface area contributed by atoms with Gasteiger partial charge in [-0.3, -0.25) is 4.79 Å². The second-order valence-corrected chi connectivity index (χ2v) is 3.44. The molecule has 1 atom stereocenters. The van der Waals surface area contributed by atoms with Gasteiger partial charge < -0.3 is 4.90 Å². The maximum atomic E-state index is 11.2. The summed E-state index contributed by atoms with van der Waals surface area (Å²) in [6.45, 7) is 4.06. The van der Waals surface area contributed by atoms with E-state index in [0.717, 1.165) is 5.92 Å². The third kappa shape index (κ3) is 1.95. The van der Waals surface area contributed by atoms with Gasteiger partial charge in [0.1, 0.15) is 0 Å². The van der Waals surface area contributed by atoms with Crippen molar-refractivity contribution in [3.8, 4) is 0 Å². The van der Waals surface area contributed by atoms with E-state index in [-0.39, 0.29) is 5.91 Å². The van der Waals surface area contributed by atoms with Gasteiger partial charge in [0, 0.05) is 19.5 Å². The molecule has 0 aromatic heterocycles. The highest BCUT2D eigenvalue weighted by Crippen LogP contribution is 2.34. The Balaban J connectivity index is 2.38. The lowest BCUT2D eigenvalue weighted by atomic mass is 10.2. The van der Waals surface area contributed by atoms with E-state index in [1.165, 1.54) is 12.8 Å². The number of carbonyl (C=O) groups is 1. The Kier molecular flexibility index (Phi) is 2.53. The molecule has 1 amide bonds. The van der Waals surface area contributed by atoms with Gasteiger partial charge >= 0.3 is 0 Å². The molecule has 0 spiro atoms. The van der Waals surface area contributed by atoms with E-state index in [0.29, 0.717) is 12.5 Å². The van der Waals surface area contributed by atoms with E-state index < -0.39 is 0 Å². The van der Waals surface area contributed by atoms with Gasteiger partial charge in [-0.15, -0.1) is 0 Å². The van der Waals surface area contributed by atoms with E-state index in [1.54, 1.807) is 0 Å². The molecule has 0 aromatic rings. The molecule has 1 fully saturated rings. The quantitative estimate of drug-likeness (QED) is 0.607. The molecule has 1 saturated carbocycles. The average Bonchev–Trinajstić information content (AvgIpc) is 2.82. The van der Waals surface area contributed by atoms with E-state index in [2.05, 4.69) is 6.92 Å². The van der Waals surface area contributed by atoms with Crippen molar-refractivity contribution in [2.75, 3.05) is 7.05 Å². The van der Waals surface area contributed by atoms with Crippen molar-refractivity contribution in [1.29, 1.82) is 0 Å². The third-order valence-corrected chi connectivity index (χ3v) is 2.61. The van der Waals surface area contributed by atoms with Gasteiger partial charge in [-0.2, -0.15) is 0 Å². The van der Waals surface area contributed by atoms with Crippen molar-refractivity contribution in [3.63, 3.8) is 0 Å². The first-order valence-corrected chi connectivity index (χ1v) is 4.42. The number of carbonyl (C=O) groups excluding carboxylic acids is 1. The van der Waals surface area contributed by atoms with Crippen LogP contribution >= 0.6 is 0 Å². The standard InChI is InChI=1S/C9H17NO/c1-4-9(11)10(3)7(2)8-5-6-8/h7-8H,4-6H2,1-3H3/t7-/m0/s1. The van der Waals surface area contributed by atoms with Crippen LogP contribution in [0.1, 0.15) is 33.1 Å². The van der Waals surface area contributed by atoms with Crippen LogP contribution in [-0.4, -0.2) is 23.9 Å². The lowest BCUT2D eigenvalue weighted by Gasteiger charge is -2.24. The fourth-order valence-electron chi connectivity index (χ4n) is 1.37. The second kappa shape index (κ2) is 3.24. The van der Waals surface area contributed by atoms with Crippen LogP contribution in [-0.2, 0) is 4.79 Å². The molecule has 11 heavy (non-hydrogen) atoms. The van der Waals surface area contributed by atoms with Crippen molar-refractivity contribution >= 4 is 5.91 Å². The molecule has 2 nitrogen and oxygen atoms in total. The Labute approximate surface area is 68.6 Å². The number of nitrogens with zero attached hydrogens (tertiary/aromatic N) is 1. The molecular weight excluding hydrogens is 138 g/mol. The maximum absolute atomic E-state index is 11.2. The first-order chi connectivity index (χ1) is 5.16. The maximum Gasteiger partial charge on any atom is 0.222 e. The Morgan fingerprint density at radius 1 is 1.64 bits per heavy atom. The SMILES string of the molecule is CCC(=O)N(C)[C@@H](C)C1CC1. The van der Waals surface area contributed by atoms with Gasteiger partial charge in [0.15, 0.2) is 0 Å². The molecule has 2 heteroatoms. The summed E-state index contributed by atoms with van der Waals surface area (Å²) in [6.07, 6.45) is 3.25. The van der Waals surface area contributed by atoms with E-state index in [4.69, 9.17) is 0 Å². The van der Waals surface area contributed by atoms with Crippen LogP contribution in [0.4, 0.5) is 0 Å². The van der Waals surface area contributed by atoms with Crippen molar-refractivity contribution in [2.45, 2.75) is 39.2 Å². The number of hydrogen-bond acceptors (Lipinski definition) is 1. The predicted molar refractivity (Wildman–Crippen MR) is 45.2 cm³/mol. The molecule has 0 radical (unpaired) electrons. The fraction of sp³-hybridized carbons (Fsp3) is 0.889. The first-order valence-electron chi connectivity index (χ1n) is 4.42. The van der Waals surface area contributed by atoms with Crippen molar-refractivity contribution in [1.82, 2.24) is 4.90 Å². The summed E-state index contributed by atoms with van der Waals surface area (Å²) in [5.41, 5.74) is 0. The number of hydrogen-bond donors (Lipinski definition) is 0. The van der Waals surface area contributed by atoms with E-state index in [9.17, 15) is 4.79 Å². The highest BCUT2D eigenvalue weighted by Gasteiger charge is 2.31. The van der Waals surface area contributed by atoms with Crippen LogP contribution < -0.4 is 0 Å². The molecule has 0 heterocycles. The zero-order valence-electron chi connectivity index (χ0n) is 7.63. The molecule has 0 bridgehead atoms. The third-order valence-electron chi connectivity index (χ3n) is 2.61. The van der Waals surface area contributed by atoms with Gasteiger partial charge in [-0.05, 0) is 25.7 Å². The number of rotatable bonds is 3. The number of amides is 1. The Hall–Kier alpha value is -0.530. The highest BCUT2D eigenvalue weighted by molar-refractivity contribution is 5.75. The predicted octanol–water partition coefficient (Wildman–Crippen LogP) is 1.65. The Morgan fingerprint density at radius 3 is 2.55 bits per heavy atom. The summed E-state index contributed by atoms with van der Waals surface area (Å²) in [7, 11) is 1.91. The molecule has 1 rings (SSSR count). The summed E-state index contributed by atoms with van der Waals surface area (Å²) in [5, 5.41) is 0. The van der Waals surface area contributed by atoms with Crippen LogP contribution in [0.2, 0.25) is 0 Å². The van der Waals surface area contributed by atoms with Crippen LogP contribution in [0, 0.1) is 5.92 Å². The molecule has 0 saturated heterocycles. The minimum absolute atomic E-state index is 0.268.